The van der Waals surface area contributed by atoms with Crippen molar-refractivity contribution in [2.75, 3.05) is 0 Å². The molecule has 1 rings (SSSR count). The number of amides is 1. The predicted octanol–water partition coefficient (Wildman–Crippen LogP) is 1.51. The van der Waals surface area contributed by atoms with Crippen LogP contribution in [0.25, 0.3) is 0 Å². The summed E-state index contributed by atoms with van der Waals surface area (Å²) in [6.07, 6.45) is -2.49. The minimum Gasteiger partial charge on any atom is -0.369 e. The fourth-order valence-corrected chi connectivity index (χ4v) is 0.510. The van der Waals surface area contributed by atoms with Crippen LogP contribution in [0.5, 0.6) is 0 Å². The zero-order valence-corrected chi connectivity index (χ0v) is 7.16. The number of hydrogen-bond donors (Lipinski definition) is 1. The Morgan fingerprint density at radius 3 is 1.79 bits per heavy atom. The molecule has 0 aliphatic heterocycles. The number of hydrogen-bond acceptors (Lipinski definition) is 2. The molecule has 6 heteroatoms. The molecule has 0 aromatic carbocycles. The Balaban J connectivity index is 0.000000249. The van der Waals surface area contributed by atoms with Gasteiger partial charge in [0.1, 0.15) is 6.42 Å². The van der Waals surface area contributed by atoms with Crippen LogP contribution < -0.4 is 5.73 Å². The van der Waals surface area contributed by atoms with Crippen molar-refractivity contribution in [3.63, 3.8) is 0 Å². The molecule has 1 aromatic heterocycles. The van der Waals surface area contributed by atoms with Crippen LogP contribution >= 0.6 is 0 Å². The van der Waals surface area contributed by atoms with Crippen LogP contribution in [-0.4, -0.2) is 17.1 Å². The molecule has 1 amide bonds. The summed E-state index contributed by atoms with van der Waals surface area (Å²) in [5.41, 5.74) is 4.22. The minimum absolute atomic E-state index is 1.35. The molecule has 0 saturated carbocycles. The first kappa shape index (κ1) is 12.4. The van der Waals surface area contributed by atoms with E-state index in [2.05, 4.69) is 10.7 Å². The molecule has 14 heavy (non-hydrogen) atoms. The van der Waals surface area contributed by atoms with Gasteiger partial charge in [0, 0.05) is 12.4 Å². The number of pyridine rings is 1. The maximum absolute atomic E-state index is 11.0. The number of nitrogens with zero attached hydrogens (tertiary/aromatic N) is 1. The van der Waals surface area contributed by atoms with Crippen LogP contribution in [0, 0.1) is 0 Å². The number of nitrogens with two attached hydrogens (primary N) is 1. The molecule has 0 fully saturated rings. The van der Waals surface area contributed by atoms with Gasteiger partial charge in [-0.3, -0.25) is 9.78 Å². The van der Waals surface area contributed by atoms with Crippen molar-refractivity contribution in [1.82, 2.24) is 4.98 Å². The van der Waals surface area contributed by atoms with Crippen molar-refractivity contribution in [3.05, 3.63) is 30.6 Å². The second kappa shape index (κ2) is 5.95. The predicted molar refractivity (Wildman–Crippen MR) is 44.1 cm³/mol. The SMILES string of the molecule is NC(=O)CC(F)(F)F.c1ccncc1. The number of primary amides is 1. The first-order valence-corrected chi connectivity index (χ1v) is 3.62. The van der Waals surface area contributed by atoms with Gasteiger partial charge in [0.25, 0.3) is 0 Å². The molecule has 0 atom stereocenters. The number of alkyl halides is 3. The van der Waals surface area contributed by atoms with Gasteiger partial charge in [-0.15, -0.1) is 0 Å². The monoisotopic (exact) mass is 206 g/mol. The highest BCUT2D eigenvalue weighted by molar-refractivity contribution is 5.74. The molecule has 0 radical (unpaired) electrons. The van der Waals surface area contributed by atoms with Gasteiger partial charge in [-0.2, -0.15) is 13.2 Å². The van der Waals surface area contributed by atoms with E-state index in [1.165, 1.54) is 0 Å². The van der Waals surface area contributed by atoms with Crippen molar-refractivity contribution >= 4 is 5.91 Å². The second-order valence-corrected chi connectivity index (χ2v) is 2.28. The Morgan fingerprint density at radius 1 is 1.21 bits per heavy atom. The van der Waals surface area contributed by atoms with Gasteiger partial charge >= 0.3 is 6.18 Å². The molecule has 0 spiro atoms. The molecule has 1 heterocycles. The third kappa shape index (κ3) is 10.4. The second-order valence-electron chi connectivity index (χ2n) is 2.28. The highest BCUT2D eigenvalue weighted by atomic mass is 19.4. The number of carbonyl (C=O) groups excluding carboxylic acids is 1. The van der Waals surface area contributed by atoms with Crippen molar-refractivity contribution < 1.29 is 18.0 Å². The summed E-state index contributed by atoms with van der Waals surface area (Å²) in [6.45, 7) is 0. The van der Waals surface area contributed by atoms with Crippen molar-refractivity contribution in [1.29, 1.82) is 0 Å². The topological polar surface area (TPSA) is 56.0 Å². The molecule has 78 valence electrons. The average molecular weight is 206 g/mol. The van der Waals surface area contributed by atoms with Gasteiger partial charge in [0.2, 0.25) is 5.91 Å². The Kier molecular flexibility index (Phi) is 5.28. The van der Waals surface area contributed by atoms with E-state index >= 15 is 0 Å². The lowest BCUT2D eigenvalue weighted by atomic mass is 10.4. The molecular weight excluding hydrogens is 197 g/mol. The number of halogens is 3. The molecule has 2 N–H and O–H groups in total. The summed E-state index contributed by atoms with van der Waals surface area (Å²) < 4.78 is 33.0. The summed E-state index contributed by atoms with van der Waals surface area (Å²) in [6, 6.07) is 5.72. The van der Waals surface area contributed by atoms with E-state index in [0.717, 1.165) is 0 Å². The van der Waals surface area contributed by atoms with Crippen molar-refractivity contribution in [3.8, 4) is 0 Å². The fraction of sp³-hybridized carbons (Fsp3) is 0.250. The zero-order valence-electron chi connectivity index (χ0n) is 7.16. The fourth-order valence-electron chi connectivity index (χ4n) is 0.510. The quantitative estimate of drug-likeness (QED) is 0.757. The minimum atomic E-state index is -4.45. The average Bonchev–Trinajstić information content (AvgIpc) is 2.03. The van der Waals surface area contributed by atoms with E-state index < -0.39 is 18.5 Å². The van der Waals surface area contributed by atoms with Crippen LogP contribution in [0.3, 0.4) is 0 Å². The molecular formula is C8H9F3N2O. The Labute approximate surface area is 78.7 Å². The maximum atomic E-state index is 11.0. The van der Waals surface area contributed by atoms with Crippen LogP contribution in [-0.2, 0) is 4.79 Å². The summed E-state index contributed by atoms with van der Waals surface area (Å²) in [4.78, 5) is 13.3. The van der Waals surface area contributed by atoms with E-state index in [9.17, 15) is 18.0 Å². The number of rotatable bonds is 1. The third-order valence-electron chi connectivity index (χ3n) is 0.941. The molecule has 0 unspecified atom stereocenters. The summed E-state index contributed by atoms with van der Waals surface area (Å²) >= 11 is 0. The van der Waals surface area contributed by atoms with E-state index in [0.29, 0.717) is 0 Å². The molecule has 0 bridgehead atoms. The molecule has 0 saturated heterocycles. The molecule has 0 aliphatic carbocycles. The highest BCUT2D eigenvalue weighted by Crippen LogP contribution is 2.17. The lowest BCUT2D eigenvalue weighted by Crippen LogP contribution is -2.21. The lowest BCUT2D eigenvalue weighted by molar-refractivity contribution is -0.151. The van der Waals surface area contributed by atoms with Crippen molar-refractivity contribution in [2.45, 2.75) is 12.6 Å². The number of carbonyl (C=O) groups is 1. The molecule has 0 aliphatic rings. The van der Waals surface area contributed by atoms with Gasteiger partial charge in [-0.05, 0) is 12.1 Å². The highest BCUT2D eigenvalue weighted by Gasteiger charge is 2.29. The van der Waals surface area contributed by atoms with Gasteiger partial charge in [0.05, 0.1) is 0 Å². The largest absolute Gasteiger partial charge is 0.397 e. The zero-order chi connectivity index (χ0) is 11.0. The normalized spacial score (nSPS) is 9.93. The van der Waals surface area contributed by atoms with E-state index in [4.69, 9.17) is 0 Å². The van der Waals surface area contributed by atoms with E-state index in [1.807, 2.05) is 18.2 Å². The van der Waals surface area contributed by atoms with Crippen LogP contribution in [0.2, 0.25) is 0 Å². The Hall–Kier alpha value is -1.59. The standard InChI is InChI=1S/C5H5N.C3H4F3NO/c1-2-4-6-5-3-1;4-3(5,6)1-2(7)8/h1-5H;1H2,(H2,7,8). The van der Waals surface area contributed by atoms with E-state index in [1.54, 1.807) is 12.4 Å². The smallest absolute Gasteiger partial charge is 0.369 e. The first-order valence-electron chi connectivity index (χ1n) is 3.62. The van der Waals surface area contributed by atoms with Gasteiger partial charge in [0.15, 0.2) is 0 Å². The molecule has 1 aromatic rings. The van der Waals surface area contributed by atoms with Gasteiger partial charge in [-0.25, -0.2) is 0 Å². The van der Waals surface area contributed by atoms with Crippen LogP contribution in [0.4, 0.5) is 13.2 Å². The summed E-state index contributed by atoms with van der Waals surface area (Å²) in [5.74, 6) is -1.35. The van der Waals surface area contributed by atoms with Crippen LogP contribution in [0.15, 0.2) is 30.6 Å². The third-order valence-corrected chi connectivity index (χ3v) is 0.941. The Morgan fingerprint density at radius 2 is 1.71 bits per heavy atom. The van der Waals surface area contributed by atoms with Crippen molar-refractivity contribution in [2.24, 2.45) is 5.73 Å². The van der Waals surface area contributed by atoms with Crippen LogP contribution in [0.1, 0.15) is 6.42 Å². The lowest BCUT2D eigenvalue weighted by Gasteiger charge is -1.99. The first-order chi connectivity index (χ1) is 6.42. The Bertz CT molecular complexity index is 234. The number of aromatic nitrogens is 1. The summed E-state index contributed by atoms with van der Waals surface area (Å²) in [7, 11) is 0. The van der Waals surface area contributed by atoms with E-state index in [-0.39, 0.29) is 0 Å². The van der Waals surface area contributed by atoms with Gasteiger partial charge in [-0.1, -0.05) is 6.07 Å². The van der Waals surface area contributed by atoms with Gasteiger partial charge < -0.3 is 5.73 Å². The molecule has 3 nitrogen and oxygen atoms in total. The summed E-state index contributed by atoms with van der Waals surface area (Å²) in [5, 5.41) is 0. The maximum Gasteiger partial charge on any atom is 0.397 e.